The van der Waals surface area contributed by atoms with Gasteiger partial charge >= 0.3 is 6.03 Å². The maximum atomic E-state index is 12.5. The van der Waals surface area contributed by atoms with Gasteiger partial charge in [0.1, 0.15) is 11.6 Å². The summed E-state index contributed by atoms with van der Waals surface area (Å²) in [5, 5.41) is 5.27. The molecule has 120 valence electrons. The molecule has 0 radical (unpaired) electrons. The highest BCUT2D eigenvalue weighted by atomic mass is 16.3. The number of nitrogens with zero attached hydrogens (tertiary/aromatic N) is 2. The van der Waals surface area contributed by atoms with Crippen LogP contribution < -0.4 is 10.6 Å². The maximum absolute atomic E-state index is 12.5. The van der Waals surface area contributed by atoms with Gasteiger partial charge < -0.3 is 20.0 Å². The molecule has 23 heavy (non-hydrogen) atoms. The van der Waals surface area contributed by atoms with E-state index in [1.165, 1.54) is 0 Å². The molecule has 3 amide bonds. The van der Waals surface area contributed by atoms with Crippen LogP contribution in [0.2, 0.25) is 0 Å². The topological polar surface area (TPSA) is 87.5 Å². The Kier molecular flexibility index (Phi) is 3.40. The van der Waals surface area contributed by atoms with Crippen LogP contribution in [-0.4, -0.2) is 47.5 Å². The van der Waals surface area contributed by atoms with Gasteiger partial charge in [0.25, 0.3) is 0 Å². The monoisotopic (exact) mass is 314 g/mol. The van der Waals surface area contributed by atoms with Gasteiger partial charge in [-0.3, -0.25) is 4.79 Å². The Morgan fingerprint density at radius 2 is 2.22 bits per heavy atom. The van der Waals surface area contributed by atoms with Crippen molar-refractivity contribution in [2.45, 2.75) is 24.8 Å². The number of carbonyl (C=O) groups is 2. The first-order valence-electron chi connectivity index (χ1n) is 7.89. The third kappa shape index (κ3) is 2.62. The minimum absolute atomic E-state index is 0.0378. The van der Waals surface area contributed by atoms with Gasteiger partial charge in [-0.15, -0.1) is 0 Å². The van der Waals surface area contributed by atoms with Crippen molar-refractivity contribution < 1.29 is 14.0 Å². The summed E-state index contributed by atoms with van der Waals surface area (Å²) in [6.07, 6.45) is 1.86. The molecule has 7 heteroatoms. The second-order valence-electron chi connectivity index (χ2n) is 6.05. The van der Waals surface area contributed by atoms with E-state index in [1.807, 2.05) is 24.3 Å². The lowest BCUT2D eigenvalue weighted by Gasteiger charge is -2.32. The van der Waals surface area contributed by atoms with Crippen molar-refractivity contribution in [2.24, 2.45) is 0 Å². The van der Waals surface area contributed by atoms with Crippen LogP contribution in [0.4, 0.5) is 4.79 Å². The van der Waals surface area contributed by atoms with E-state index in [-0.39, 0.29) is 17.9 Å². The number of hydrogen-bond acceptors (Lipinski definition) is 4. The Morgan fingerprint density at radius 3 is 3.00 bits per heavy atom. The van der Waals surface area contributed by atoms with Crippen molar-refractivity contribution in [1.82, 2.24) is 20.5 Å². The van der Waals surface area contributed by atoms with E-state index in [4.69, 9.17) is 4.42 Å². The zero-order valence-electron chi connectivity index (χ0n) is 12.6. The number of hydrogen-bond donors (Lipinski definition) is 2. The van der Waals surface area contributed by atoms with Crippen molar-refractivity contribution in [1.29, 1.82) is 0 Å². The van der Waals surface area contributed by atoms with E-state index < -0.39 is 6.04 Å². The van der Waals surface area contributed by atoms with Crippen molar-refractivity contribution in [2.75, 3.05) is 19.6 Å². The van der Waals surface area contributed by atoms with Crippen LogP contribution >= 0.6 is 0 Å². The van der Waals surface area contributed by atoms with Gasteiger partial charge in [0.05, 0.1) is 5.92 Å². The van der Waals surface area contributed by atoms with E-state index in [0.29, 0.717) is 25.5 Å². The number of oxazole rings is 1. The Labute approximate surface area is 133 Å². The number of rotatable bonds is 2. The number of nitrogens with one attached hydrogen (secondary N) is 2. The molecule has 2 fully saturated rings. The summed E-state index contributed by atoms with van der Waals surface area (Å²) in [6, 6.07) is 6.93. The standard InChI is InChI=1S/C16H18N4O3/c21-15(12-8-17-16(22)19-12)20-7-3-4-10(9-20)14-18-11-5-1-2-6-13(11)23-14/h1-2,5-6,10,12H,3-4,7-9H2,(H2,17,19,22)/t10-,12+/m0/s1. The molecule has 0 saturated carbocycles. The highest BCUT2D eigenvalue weighted by Gasteiger charge is 2.34. The Hall–Kier alpha value is -2.57. The van der Waals surface area contributed by atoms with Crippen LogP contribution in [0.5, 0.6) is 0 Å². The number of amides is 3. The average molecular weight is 314 g/mol. The van der Waals surface area contributed by atoms with E-state index in [2.05, 4.69) is 15.6 Å². The number of para-hydroxylation sites is 2. The van der Waals surface area contributed by atoms with Crippen molar-refractivity contribution in [3.05, 3.63) is 30.2 Å². The zero-order valence-corrected chi connectivity index (χ0v) is 12.6. The van der Waals surface area contributed by atoms with Crippen LogP contribution in [0.15, 0.2) is 28.7 Å². The molecule has 0 bridgehead atoms. The summed E-state index contributed by atoms with van der Waals surface area (Å²) in [5.74, 6) is 0.756. The lowest BCUT2D eigenvalue weighted by molar-refractivity contribution is -0.134. The number of piperidine rings is 1. The van der Waals surface area contributed by atoms with E-state index in [0.717, 1.165) is 23.9 Å². The molecule has 2 aromatic rings. The molecule has 3 heterocycles. The molecule has 7 nitrogen and oxygen atoms in total. The maximum Gasteiger partial charge on any atom is 0.315 e. The summed E-state index contributed by atoms with van der Waals surface area (Å²) in [7, 11) is 0. The molecule has 0 spiro atoms. The predicted molar refractivity (Wildman–Crippen MR) is 82.9 cm³/mol. The summed E-state index contributed by atoms with van der Waals surface area (Å²) in [6.45, 7) is 1.64. The van der Waals surface area contributed by atoms with E-state index in [1.54, 1.807) is 4.90 Å². The van der Waals surface area contributed by atoms with Gasteiger partial charge in [0, 0.05) is 19.6 Å². The molecule has 1 aromatic heterocycles. The minimum Gasteiger partial charge on any atom is -0.440 e. The largest absolute Gasteiger partial charge is 0.440 e. The minimum atomic E-state index is -0.468. The molecule has 2 aliphatic rings. The molecule has 2 N–H and O–H groups in total. The third-order valence-electron chi connectivity index (χ3n) is 4.46. The molecule has 0 aliphatic carbocycles. The van der Waals surface area contributed by atoms with Crippen LogP contribution in [-0.2, 0) is 4.79 Å². The molecule has 2 atom stereocenters. The van der Waals surface area contributed by atoms with Crippen molar-refractivity contribution >= 4 is 23.0 Å². The van der Waals surface area contributed by atoms with Crippen molar-refractivity contribution in [3.8, 4) is 0 Å². The number of carbonyl (C=O) groups excluding carboxylic acids is 2. The normalized spacial score (nSPS) is 24.5. The Bertz CT molecular complexity index is 724. The van der Waals surface area contributed by atoms with Crippen molar-refractivity contribution in [3.63, 3.8) is 0 Å². The number of urea groups is 1. The molecule has 2 saturated heterocycles. The Morgan fingerprint density at radius 1 is 1.35 bits per heavy atom. The lowest BCUT2D eigenvalue weighted by Crippen LogP contribution is -2.48. The van der Waals surface area contributed by atoms with E-state index >= 15 is 0 Å². The fourth-order valence-electron chi connectivity index (χ4n) is 3.27. The Balaban J connectivity index is 1.50. The molecule has 2 aliphatic heterocycles. The van der Waals surface area contributed by atoms with Gasteiger partial charge in [-0.1, -0.05) is 12.1 Å². The van der Waals surface area contributed by atoms with Gasteiger partial charge in [0.2, 0.25) is 5.91 Å². The van der Waals surface area contributed by atoms with Gasteiger partial charge in [-0.05, 0) is 25.0 Å². The number of likely N-dealkylation sites (tertiary alicyclic amines) is 1. The zero-order chi connectivity index (χ0) is 15.8. The SMILES string of the molecule is O=C1NC[C@H](C(=O)N2CCC[C@H](c3nc4ccccc4o3)C2)N1. The first-order chi connectivity index (χ1) is 11.2. The van der Waals surface area contributed by atoms with Crippen LogP contribution in [0.1, 0.15) is 24.7 Å². The summed E-state index contributed by atoms with van der Waals surface area (Å²) < 4.78 is 5.85. The lowest BCUT2D eigenvalue weighted by atomic mass is 9.97. The molecular weight excluding hydrogens is 296 g/mol. The summed E-state index contributed by atoms with van der Waals surface area (Å²) >= 11 is 0. The molecule has 4 rings (SSSR count). The number of aromatic nitrogens is 1. The van der Waals surface area contributed by atoms with E-state index in [9.17, 15) is 9.59 Å². The first-order valence-corrected chi connectivity index (χ1v) is 7.89. The molecular formula is C16H18N4O3. The first kappa shape index (κ1) is 14.0. The average Bonchev–Trinajstić information content (AvgIpc) is 3.20. The fourth-order valence-corrected chi connectivity index (χ4v) is 3.27. The van der Waals surface area contributed by atoms with Gasteiger partial charge in [0.15, 0.2) is 11.5 Å². The van der Waals surface area contributed by atoms with Crippen LogP contribution in [0.3, 0.4) is 0 Å². The highest BCUT2D eigenvalue weighted by molar-refractivity contribution is 5.90. The highest BCUT2D eigenvalue weighted by Crippen LogP contribution is 2.29. The van der Waals surface area contributed by atoms with Crippen LogP contribution in [0, 0.1) is 0 Å². The second kappa shape index (κ2) is 5.57. The predicted octanol–water partition coefficient (Wildman–Crippen LogP) is 1.22. The second-order valence-corrected chi connectivity index (χ2v) is 6.05. The summed E-state index contributed by atoms with van der Waals surface area (Å²) in [4.78, 5) is 30.1. The fraction of sp³-hybridized carbons (Fsp3) is 0.438. The third-order valence-corrected chi connectivity index (χ3v) is 4.46. The molecule has 1 aromatic carbocycles. The number of benzene rings is 1. The smallest absolute Gasteiger partial charge is 0.315 e. The quantitative estimate of drug-likeness (QED) is 0.872. The van der Waals surface area contributed by atoms with Crippen LogP contribution in [0.25, 0.3) is 11.1 Å². The van der Waals surface area contributed by atoms with Gasteiger partial charge in [-0.25, -0.2) is 9.78 Å². The number of fused-ring (bicyclic) bond motifs is 1. The molecule has 0 unspecified atom stereocenters. The summed E-state index contributed by atoms with van der Waals surface area (Å²) in [5.41, 5.74) is 1.62. The van der Waals surface area contributed by atoms with Gasteiger partial charge in [-0.2, -0.15) is 0 Å².